The van der Waals surface area contributed by atoms with E-state index in [4.69, 9.17) is 0 Å². The zero-order chi connectivity index (χ0) is 28.3. The van der Waals surface area contributed by atoms with Crippen molar-refractivity contribution in [1.29, 1.82) is 0 Å². The summed E-state index contributed by atoms with van der Waals surface area (Å²) in [6.07, 6.45) is 9.25. The van der Waals surface area contributed by atoms with E-state index >= 15 is 0 Å². The molecule has 0 amide bonds. The smallest absolute Gasteiger partial charge is 0.0541 e. The molecule has 0 fully saturated rings. The minimum Gasteiger partial charge on any atom is -0.309 e. The third-order valence-corrected chi connectivity index (χ3v) is 9.17. The number of rotatable bonds is 3. The molecule has 0 unspecified atom stereocenters. The van der Waals surface area contributed by atoms with Crippen molar-refractivity contribution in [2.24, 2.45) is 0 Å². The lowest BCUT2D eigenvalue weighted by molar-refractivity contribution is 1.04. The maximum absolute atomic E-state index is 2.42. The molecule has 1 heteroatoms. The Hall–Kier alpha value is -5.40. The van der Waals surface area contributed by atoms with Crippen LogP contribution in [0.5, 0.6) is 0 Å². The molecule has 7 aromatic carbocycles. The molecule has 0 atom stereocenters. The molecule has 0 saturated carbocycles. The summed E-state index contributed by atoms with van der Waals surface area (Å²) in [6.45, 7) is 0. The molecular weight excluding hydrogens is 518 g/mol. The van der Waals surface area contributed by atoms with E-state index < -0.39 is 0 Å². The Bertz CT molecular complexity index is 2380. The number of hydrogen-bond acceptors (Lipinski definition) is 0. The third-order valence-electron chi connectivity index (χ3n) is 9.17. The first-order valence-corrected chi connectivity index (χ1v) is 15.2. The average molecular weight is 548 g/mol. The minimum absolute atomic E-state index is 1.08. The van der Waals surface area contributed by atoms with Crippen LogP contribution < -0.4 is 0 Å². The highest BCUT2D eigenvalue weighted by molar-refractivity contribution is 6.26. The number of fused-ring (bicyclic) bond motifs is 7. The maximum atomic E-state index is 2.42. The topological polar surface area (TPSA) is 4.93 Å². The van der Waals surface area contributed by atoms with Gasteiger partial charge in [-0.25, -0.2) is 0 Å². The number of nitrogens with zero attached hydrogens (tertiary/aromatic N) is 1. The summed E-state index contributed by atoms with van der Waals surface area (Å²) < 4.78 is 2.41. The fraction of sp³-hybridized carbons (Fsp3) is 0.0476. The van der Waals surface area contributed by atoms with Crippen molar-refractivity contribution >= 4 is 59.7 Å². The number of allylic oxidation sites excluding steroid dienone is 4. The van der Waals surface area contributed by atoms with E-state index in [1.807, 2.05) is 0 Å². The van der Waals surface area contributed by atoms with Crippen LogP contribution >= 0.6 is 0 Å². The molecule has 202 valence electrons. The molecule has 0 bridgehead atoms. The Morgan fingerprint density at radius 3 is 1.79 bits per heavy atom. The molecule has 1 aliphatic carbocycles. The molecule has 43 heavy (non-hydrogen) atoms. The highest BCUT2D eigenvalue weighted by Crippen LogP contribution is 2.45. The van der Waals surface area contributed by atoms with Gasteiger partial charge in [-0.15, -0.1) is 0 Å². The van der Waals surface area contributed by atoms with Crippen molar-refractivity contribution in [2.75, 3.05) is 0 Å². The van der Waals surface area contributed by atoms with Crippen LogP contribution in [0.25, 0.3) is 76.5 Å². The largest absolute Gasteiger partial charge is 0.309 e. The molecule has 1 nitrogen and oxygen atoms in total. The van der Waals surface area contributed by atoms with Crippen LogP contribution in [-0.2, 0) is 0 Å². The number of hydrogen-bond donors (Lipinski definition) is 0. The monoisotopic (exact) mass is 547 g/mol. The SMILES string of the molecule is C1=CC(c2c3ccccc3c(-c3ccccc3)c3c2ccc2cc(-n4c5ccccc5c5ccccc54)ccc23)=CCC1. The van der Waals surface area contributed by atoms with Crippen LogP contribution in [0.1, 0.15) is 18.4 Å². The quantitative estimate of drug-likeness (QED) is 0.153. The molecular formula is C42H29N. The van der Waals surface area contributed by atoms with Crippen LogP contribution in [0.15, 0.2) is 152 Å². The first-order chi connectivity index (χ1) is 21.4. The normalized spacial score (nSPS) is 13.4. The number of benzene rings is 7. The Kier molecular flexibility index (Phi) is 5.39. The van der Waals surface area contributed by atoms with Gasteiger partial charge in [-0.05, 0) is 91.7 Å². The summed E-state index contributed by atoms with van der Waals surface area (Å²) in [4.78, 5) is 0. The molecule has 1 aromatic heterocycles. The van der Waals surface area contributed by atoms with Gasteiger partial charge in [0.25, 0.3) is 0 Å². The standard InChI is InChI=1S/C42H29N/c1-3-13-28(14-4-1)40-35-19-7-8-20-36(35)41(29-15-5-2-6-16-29)42-32-26-24-31(27-30(32)23-25-37(40)42)43-38-21-11-9-17-33(38)34-18-10-12-22-39(34)43/h2-3,5-27H,1,4H2. The van der Waals surface area contributed by atoms with E-state index in [1.54, 1.807) is 0 Å². The van der Waals surface area contributed by atoms with Crippen molar-refractivity contribution in [2.45, 2.75) is 12.8 Å². The molecule has 8 aromatic rings. The fourth-order valence-corrected chi connectivity index (χ4v) is 7.35. The van der Waals surface area contributed by atoms with Gasteiger partial charge in [-0.1, -0.05) is 127 Å². The van der Waals surface area contributed by atoms with Crippen LogP contribution in [0.3, 0.4) is 0 Å². The second kappa shape index (κ2) is 9.58. The van der Waals surface area contributed by atoms with E-state index in [0.29, 0.717) is 0 Å². The Balaban J connectivity index is 1.41. The summed E-state index contributed by atoms with van der Waals surface area (Å²) in [5.41, 5.74) is 8.89. The lowest BCUT2D eigenvalue weighted by atomic mass is 9.83. The molecule has 0 N–H and O–H groups in total. The first kappa shape index (κ1) is 24.2. The Morgan fingerprint density at radius 1 is 0.465 bits per heavy atom. The van der Waals surface area contributed by atoms with Crippen molar-refractivity contribution in [3.05, 3.63) is 157 Å². The molecule has 0 saturated heterocycles. The van der Waals surface area contributed by atoms with Gasteiger partial charge in [0, 0.05) is 16.5 Å². The van der Waals surface area contributed by atoms with Gasteiger partial charge in [0.05, 0.1) is 11.0 Å². The average Bonchev–Trinajstić information content (AvgIpc) is 3.42. The Labute approximate surface area is 250 Å². The van der Waals surface area contributed by atoms with E-state index in [0.717, 1.165) is 12.8 Å². The minimum atomic E-state index is 1.08. The van der Waals surface area contributed by atoms with E-state index in [1.165, 1.54) is 82.1 Å². The van der Waals surface area contributed by atoms with E-state index in [-0.39, 0.29) is 0 Å². The Morgan fingerprint density at radius 2 is 1.09 bits per heavy atom. The highest BCUT2D eigenvalue weighted by Gasteiger charge is 2.20. The van der Waals surface area contributed by atoms with Gasteiger partial charge >= 0.3 is 0 Å². The predicted octanol–water partition coefficient (Wildman–Crippen LogP) is 11.6. The second-order valence-electron chi connectivity index (χ2n) is 11.6. The van der Waals surface area contributed by atoms with Crippen LogP contribution in [0, 0.1) is 0 Å². The summed E-state index contributed by atoms with van der Waals surface area (Å²) in [6, 6.07) is 49.1. The maximum Gasteiger partial charge on any atom is 0.0541 e. The van der Waals surface area contributed by atoms with Crippen molar-refractivity contribution in [1.82, 2.24) is 4.57 Å². The third kappa shape index (κ3) is 3.65. The number of para-hydroxylation sites is 2. The zero-order valence-electron chi connectivity index (χ0n) is 23.8. The van der Waals surface area contributed by atoms with Crippen molar-refractivity contribution in [3.63, 3.8) is 0 Å². The summed E-state index contributed by atoms with van der Waals surface area (Å²) >= 11 is 0. The van der Waals surface area contributed by atoms with Gasteiger partial charge in [-0.3, -0.25) is 0 Å². The summed E-state index contributed by atoms with van der Waals surface area (Å²) in [5.74, 6) is 0. The van der Waals surface area contributed by atoms with Gasteiger partial charge in [0.1, 0.15) is 0 Å². The lowest BCUT2D eigenvalue weighted by Crippen LogP contribution is -1.96. The molecule has 0 radical (unpaired) electrons. The molecule has 9 rings (SSSR count). The van der Waals surface area contributed by atoms with E-state index in [2.05, 4.69) is 156 Å². The van der Waals surface area contributed by atoms with Crippen LogP contribution in [0.2, 0.25) is 0 Å². The van der Waals surface area contributed by atoms with Crippen LogP contribution in [0.4, 0.5) is 0 Å². The van der Waals surface area contributed by atoms with Crippen molar-refractivity contribution < 1.29 is 0 Å². The fourth-order valence-electron chi connectivity index (χ4n) is 7.35. The zero-order valence-corrected chi connectivity index (χ0v) is 23.8. The highest BCUT2D eigenvalue weighted by atomic mass is 15.0. The first-order valence-electron chi connectivity index (χ1n) is 15.2. The molecule has 0 aliphatic heterocycles. The predicted molar refractivity (Wildman–Crippen MR) is 185 cm³/mol. The van der Waals surface area contributed by atoms with E-state index in [9.17, 15) is 0 Å². The van der Waals surface area contributed by atoms with Gasteiger partial charge in [0.15, 0.2) is 0 Å². The molecule has 0 spiro atoms. The molecule has 1 aliphatic rings. The van der Waals surface area contributed by atoms with Crippen LogP contribution in [-0.4, -0.2) is 4.57 Å². The second-order valence-corrected chi connectivity index (χ2v) is 11.6. The lowest BCUT2D eigenvalue weighted by Gasteiger charge is -2.21. The molecule has 1 heterocycles. The van der Waals surface area contributed by atoms with Gasteiger partial charge < -0.3 is 4.57 Å². The summed E-state index contributed by atoms with van der Waals surface area (Å²) in [7, 11) is 0. The van der Waals surface area contributed by atoms with Gasteiger partial charge in [-0.2, -0.15) is 0 Å². The van der Waals surface area contributed by atoms with Gasteiger partial charge in [0.2, 0.25) is 0 Å². The number of aromatic nitrogens is 1. The summed E-state index contributed by atoms with van der Waals surface area (Å²) in [5, 5.41) is 10.4. The van der Waals surface area contributed by atoms with Crippen molar-refractivity contribution in [3.8, 4) is 16.8 Å².